The molecule has 1 aliphatic heterocycles. The Morgan fingerprint density at radius 2 is 2.20 bits per heavy atom. The van der Waals surface area contributed by atoms with Crippen molar-refractivity contribution in [2.24, 2.45) is 0 Å². The molecule has 0 spiro atoms. The number of benzene rings is 1. The van der Waals surface area contributed by atoms with Crippen LogP contribution in [0, 0.1) is 0 Å². The highest BCUT2D eigenvalue weighted by Crippen LogP contribution is 2.27. The van der Waals surface area contributed by atoms with Crippen LogP contribution < -0.4 is 5.32 Å². The Balaban J connectivity index is 1.65. The smallest absolute Gasteiger partial charge is 0.245 e. The number of para-hydroxylation sites is 1. The van der Waals surface area contributed by atoms with Gasteiger partial charge in [0.1, 0.15) is 6.04 Å². The number of halogens is 1. The van der Waals surface area contributed by atoms with Crippen LogP contribution in [0.15, 0.2) is 36.4 Å². The molecule has 3 nitrogen and oxygen atoms in total. The Morgan fingerprint density at radius 3 is 2.90 bits per heavy atom. The zero-order chi connectivity index (χ0) is 14.1. The Hall–Kier alpha value is -1.52. The van der Waals surface area contributed by atoms with Gasteiger partial charge in [-0.05, 0) is 23.8 Å². The number of thiophene rings is 1. The zero-order valence-electron chi connectivity index (χ0n) is 11.1. The number of carbonyl (C=O) groups is 1. The lowest BCUT2D eigenvalue weighted by Crippen LogP contribution is -2.39. The molecule has 0 bridgehead atoms. The van der Waals surface area contributed by atoms with E-state index in [9.17, 15) is 4.79 Å². The summed E-state index contributed by atoms with van der Waals surface area (Å²) in [6, 6.07) is 11.7. The SMILES string of the molecule is CN(Cc1ccc(Cl)s1)C(=O)C1Cc2ccccc2N1. The topological polar surface area (TPSA) is 32.3 Å². The minimum absolute atomic E-state index is 0.116. The van der Waals surface area contributed by atoms with E-state index in [1.165, 1.54) is 16.9 Å². The predicted octanol–water partition coefficient (Wildman–Crippen LogP) is 3.40. The van der Waals surface area contributed by atoms with Crippen LogP contribution in [-0.4, -0.2) is 23.9 Å². The molecule has 1 aromatic carbocycles. The lowest BCUT2D eigenvalue weighted by atomic mass is 10.1. The number of likely N-dealkylation sites (N-methyl/N-ethyl adjacent to an activating group) is 1. The first-order chi connectivity index (χ1) is 9.63. The molecule has 5 heteroatoms. The average molecular weight is 307 g/mol. The minimum atomic E-state index is -0.159. The Labute approximate surface area is 127 Å². The molecule has 0 saturated carbocycles. The van der Waals surface area contributed by atoms with E-state index >= 15 is 0 Å². The van der Waals surface area contributed by atoms with Crippen molar-refractivity contribution in [2.45, 2.75) is 19.0 Å². The second-order valence-electron chi connectivity index (χ2n) is 4.96. The van der Waals surface area contributed by atoms with Gasteiger partial charge in [0.25, 0.3) is 0 Å². The van der Waals surface area contributed by atoms with Crippen molar-refractivity contribution in [3.05, 3.63) is 51.2 Å². The Bertz CT molecular complexity index is 615. The fourth-order valence-electron chi connectivity index (χ4n) is 2.46. The summed E-state index contributed by atoms with van der Waals surface area (Å²) >= 11 is 7.43. The van der Waals surface area contributed by atoms with Gasteiger partial charge in [-0.1, -0.05) is 29.8 Å². The first kappa shape index (κ1) is 13.5. The van der Waals surface area contributed by atoms with Crippen LogP contribution >= 0.6 is 22.9 Å². The Morgan fingerprint density at radius 1 is 1.40 bits per heavy atom. The van der Waals surface area contributed by atoms with E-state index < -0.39 is 0 Å². The molecule has 1 aromatic heterocycles. The molecule has 2 heterocycles. The summed E-state index contributed by atoms with van der Waals surface area (Å²) in [7, 11) is 1.83. The van der Waals surface area contributed by atoms with Crippen molar-refractivity contribution in [1.82, 2.24) is 4.90 Å². The third-order valence-corrected chi connectivity index (χ3v) is 4.68. The van der Waals surface area contributed by atoms with E-state index in [0.29, 0.717) is 6.54 Å². The van der Waals surface area contributed by atoms with E-state index in [4.69, 9.17) is 11.6 Å². The van der Waals surface area contributed by atoms with Crippen molar-refractivity contribution >= 4 is 34.5 Å². The van der Waals surface area contributed by atoms with Gasteiger partial charge in [-0.15, -0.1) is 11.3 Å². The van der Waals surface area contributed by atoms with Crippen LogP contribution in [0.25, 0.3) is 0 Å². The summed E-state index contributed by atoms with van der Waals surface area (Å²) in [5.41, 5.74) is 2.27. The third kappa shape index (κ3) is 2.67. The van der Waals surface area contributed by atoms with Crippen molar-refractivity contribution in [3.63, 3.8) is 0 Å². The van der Waals surface area contributed by atoms with Crippen molar-refractivity contribution in [2.75, 3.05) is 12.4 Å². The van der Waals surface area contributed by atoms with Gasteiger partial charge in [0, 0.05) is 24.0 Å². The predicted molar refractivity (Wildman–Crippen MR) is 83.4 cm³/mol. The fourth-order valence-corrected chi connectivity index (χ4v) is 3.60. The summed E-state index contributed by atoms with van der Waals surface area (Å²) in [4.78, 5) is 15.3. The summed E-state index contributed by atoms with van der Waals surface area (Å²) in [5, 5.41) is 3.29. The molecular weight excluding hydrogens is 292 g/mol. The minimum Gasteiger partial charge on any atom is -0.373 e. The molecule has 0 saturated heterocycles. The monoisotopic (exact) mass is 306 g/mol. The maximum Gasteiger partial charge on any atom is 0.245 e. The average Bonchev–Trinajstić information content (AvgIpc) is 3.03. The summed E-state index contributed by atoms with van der Waals surface area (Å²) in [6.45, 7) is 0.602. The molecule has 1 atom stereocenters. The second-order valence-corrected chi connectivity index (χ2v) is 6.76. The van der Waals surface area contributed by atoms with Gasteiger partial charge in [-0.3, -0.25) is 4.79 Å². The molecule has 20 heavy (non-hydrogen) atoms. The molecule has 104 valence electrons. The number of fused-ring (bicyclic) bond motifs is 1. The van der Waals surface area contributed by atoms with Crippen LogP contribution in [0.2, 0.25) is 4.34 Å². The van der Waals surface area contributed by atoms with Crippen molar-refractivity contribution in [3.8, 4) is 0 Å². The lowest BCUT2D eigenvalue weighted by Gasteiger charge is -2.20. The van der Waals surface area contributed by atoms with Crippen LogP contribution in [0.5, 0.6) is 0 Å². The zero-order valence-corrected chi connectivity index (χ0v) is 12.7. The normalized spacial score (nSPS) is 16.6. The molecule has 2 aromatic rings. The summed E-state index contributed by atoms with van der Waals surface area (Å²) < 4.78 is 0.757. The summed E-state index contributed by atoms with van der Waals surface area (Å²) in [6.07, 6.45) is 0.755. The molecule has 0 aliphatic carbocycles. The third-order valence-electron chi connectivity index (χ3n) is 3.47. The van der Waals surface area contributed by atoms with E-state index in [1.54, 1.807) is 4.90 Å². The standard InChI is InChI=1S/C15H15ClN2OS/c1-18(9-11-6-7-14(16)20-11)15(19)13-8-10-4-2-3-5-12(10)17-13/h2-7,13,17H,8-9H2,1H3. The molecule has 1 unspecified atom stereocenters. The largest absolute Gasteiger partial charge is 0.373 e. The number of nitrogens with one attached hydrogen (secondary N) is 1. The first-order valence-corrected chi connectivity index (χ1v) is 7.66. The highest BCUT2D eigenvalue weighted by molar-refractivity contribution is 7.16. The highest BCUT2D eigenvalue weighted by Gasteiger charge is 2.28. The molecule has 3 rings (SSSR count). The number of hydrogen-bond donors (Lipinski definition) is 1. The van der Waals surface area contributed by atoms with E-state index in [0.717, 1.165) is 21.3 Å². The van der Waals surface area contributed by atoms with Crippen molar-refractivity contribution < 1.29 is 4.79 Å². The van der Waals surface area contributed by atoms with Crippen LogP contribution in [0.3, 0.4) is 0 Å². The number of anilines is 1. The maximum absolute atomic E-state index is 12.5. The van der Waals surface area contributed by atoms with E-state index in [1.807, 2.05) is 37.4 Å². The van der Waals surface area contributed by atoms with Gasteiger partial charge in [-0.2, -0.15) is 0 Å². The lowest BCUT2D eigenvalue weighted by molar-refractivity contribution is -0.131. The number of hydrogen-bond acceptors (Lipinski definition) is 3. The molecule has 1 N–H and O–H groups in total. The highest BCUT2D eigenvalue weighted by atomic mass is 35.5. The molecule has 1 aliphatic rings. The molecule has 0 fully saturated rings. The molecular formula is C15H15ClN2OS. The van der Waals surface area contributed by atoms with Gasteiger partial charge < -0.3 is 10.2 Å². The number of amides is 1. The van der Waals surface area contributed by atoms with Gasteiger partial charge in [0.05, 0.1) is 10.9 Å². The van der Waals surface area contributed by atoms with E-state index in [-0.39, 0.29) is 11.9 Å². The van der Waals surface area contributed by atoms with Gasteiger partial charge >= 0.3 is 0 Å². The Kier molecular flexibility index (Phi) is 3.68. The second kappa shape index (κ2) is 5.46. The van der Waals surface area contributed by atoms with Crippen LogP contribution in [-0.2, 0) is 17.8 Å². The van der Waals surface area contributed by atoms with Gasteiger partial charge in [-0.25, -0.2) is 0 Å². The van der Waals surface area contributed by atoms with Crippen LogP contribution in [0.1, 0.15) is 10.4 Å². The number of nitrogens with zero attached hydrogens (tertiary/aromatic N) is 1. The van der Waals surface area contributed by atoms with Gasteiger partial charge in [0.15, 0.2) is 0 Å². The quantitative estimate of drug-likeness (QED) is 0.942. The molecule has 0 radical (unpaired) electrons. The van der Waals surface area contributed by atoms with Gasteiger partial charge in [0.2, 0.25) is 5.91 Å². The van der Waals surface area contributed by atoms with E-state index in [2.05, 4.69) is 11.4 Å². The molecule has 1 amide bonds. The van der Waals surface area contributed by atoms with Crippen molar-refractivity contribution in [1.29, 1.82) is 0 Å². The first-order valence-electron chi connectivity index (χ1n) is 6.47. The summed E-state index contributed by atoms with van der Waals surface area (Å²) in [5.74, 6) is 0.116. The maximum atomic E-state index is 12.5. The number of rotatable bonds is 3. The number of carbonyl (C=O) groups excluding carboxylic acids is 1. The van der Waals surface area contributed by atoms with Crippen LogP contribution in [0.4, 0.5) is 5.69 Å². The fraction of sp³-hybridized carbons (Fsp3) is 0.267.